The van der Waals surface area contributed by atoms with E-state index >= 15 is 0 Å². The molecule has 1 aliphatic heterocycles. The molecule has 0 bridgehead atoms. The largest absolute Gasteiger partial charge is 0.374 e. The maximum absolute atomic E-state index is 14.5. The molecule has 4 heteroatoms. The molecule has 2 aromatic carbocycles. The van der Waals surface area contributed by atoms with Crippen LogP contribution in [0.2, 0.25) is 0 Å². The zero-order chi connectivity index (χ0) is 17.2. The molecule has 1 aromatic heterocycles. The van der Waals surface area contributed by atoms with Crippen molar-refractivity contribution in [3.8, 4) is 21.6 Å². The van der Waals surface area contributed by atoms with E-state index in [4.69, 9.17) is 4.74 Å². The van der Waals surface area contributed by atoms with Crippen LogP contribution in [0.25, 0.3) is 21.6 Å². The molecule has 1 unspecified atom stereocenters. The monoisotopic (exact) mass is 356 g/mol. The van der Waals surface area contributed by atoms with Gasteiger partial charge in [0.05, 0.1) is 11.7 Å². The summed E-state index contributed by atoms with van der Waals surface area (Å²) in [5.41, 5.74) is 2.52. The van der Waals surface area contributed by atoms with E-state index in [2.05, 4.69) is 0 Å². The highest BCUT2D eigenvalue weighted by Crippen LogP contribution is 2.34. The van der Waals surface area contributed by atoms with Gasteiger partial charge in [-0.05, 0) is 59.5 Å². The van der Waals surface area contributed by atoms with E-state index in [0.29, 0.717) is 10.4 Å². The molecule has 128 valence electrons. The zero-order valence-electron chi connectivity index (χ0n) is 13.7. The average Bonchev–Trinajstić information content (AvgIpc) is 3.16. The summed E-state index contributed by atoms with van der Waals surface area (Å²) in [4.78, 5) is 0.603. The van der Waals surface area contributed by atoms with Crippen molar-refractivity contribution in [1.29, 1.82) is 0 Å². The summed E-state index contributed by atoms with van der Waals surface area (Å²) in [6.45, 7) is 0.799. The SMILES string of the molecule is Fc1cc(-c2ccc(C3CCCCO3)cc2)cc(F)c1-c1cccs1. The van der Waals surface area contributed by atoms with Crippen LogP contribution in [0, 0.1) is 11.6 Å². The minimum atomic E-state index is -0.530. The molecular formula is C21H18F2OS. The third kappa shape index (κ3) is 3.37. The number of halogens is 2. The van der Waals surface area contributed by atoms with E-state index in [1.807, 2.05) is 29.6 Å². The molecule has 2 heterocycles. The third-order valence-electron chi connectivity index (χ3n) is 4.61. The number of ether oxygens (including phenoxy) is 1. The molecule has 0 saturated carbocycles. The Labute approximate surface area is 149 Å². The molecule has 25 heavy (non-hydrogen) atoms. The van der Waals surface area contributed by atoms with Crippen molar-refractivity contribution in [3.63, 3.8) is 0 Å². The third-order valence-corrected chi connectivity index (χ3v) is 5.49. The highest BCUT2D eigenvalue weighted by Gasteiger charge is 2.17. The Morgan fingerprint density at radius 2 is 1.68 bits per heavy atom. The Hall–Kier alpha value is -2.04. The molecule has 1 saturated heterocycles. The fourth-order valence-corrected chi connectivity index (χ4v) is 4.06. The fraction of sp³-hybridized carbons (Fsp3) is 0.238. The van der Waals surface area contributed by atoms with E-state index in [0.717, 1.165) is 30.6 Å². The lowest BCUT2D eigenvalue weighted by Crippen LogP contribution is -2.11. The van der Waals surface area contributed by atoms with E-state index in [1.54, 1.807) is 12.1 Å². The van der Waals surface area contributed by atoms with Crippen LogP contribution in [0.15, 0.2) is 53.9 Å². The van der Waals surface area contributed by atoms with Crippen LogP contribution in [0.4, 0.5) is 8.78 Å². The first-order valence-corrected chi connectivity index (χ1v) is 9.35. The van der Waals surface area contributed by atoms with Crippen molar-refractivity contribution in [2.75, 3.05) is 6.61 Å². The second kappa shape index (κ2) is 7.06. The van der Waals surface area contributed by atoms with Gasteiger partial charge in [-0.15, -0.1) is 11.3 Å². The molecule has 1 aliphatic rings. The van der Waals surface area contributed by atoms with Gasteiger partial charge in [0.1, 0.15) is 11.6 Å². The Balaban J connectivity index is 1.63. The number of rotatable bonds is 3. The van der Waals surface area contributed by atoms with E-state index in [9.17, 15) is 8.78 Å². The number of benzene rings is 2. The van der Waals surface area contributed by atoms with Gasteiger partial charge in [0.2, 0.25) is 0 Å². The second-order valence-corrected chi connectivity index (χ2v) is 7.22. The minimum absolute atomic E-state index is 0.0472. The highest BCUT2D eigenvalue weighted by molar-refractivity contribution is 7.13. The summed E-state index contributed by atoms with van der Waals surface area (Å²) in [6, 6.07) is 14.1. The predicted molar refractivity (Wildman–Crippen MR) is 97.7 cm³/mol. The van der Waals surface area contributed by atoms with Gasteiger partial charge < -0.3 is 4.74 Å². The first kappa shape index (κ1) is 16.4. The van der Waals surface area contributed by atoms with Crippen molar-refractivity contribution in [2.24, 2.45) is 0 Å². The molecule has 1 fully saturated rings. The van der Waals surface area contributed by atoms with Gasteiger partial charge in [-0.25, -0.2) is 8.78 Å². The predicted octanol–water partition coefficient (Wildman–Crippen LogP) is 6.60. The van der Waals surface area contributed by atoms with Gasteiger partial charge in [-0.3, -0.25) is 0 Å². The van der Waals surface area contributed by atoms with Crippen molar-refractivity contribution in [2.45, 2.75) is 25.4 Å². The normalized spacial score (nSPS) is 17.6. The quantitative estimate of drug-likeness (QED) is 0.513. The van der Waals surface area contributed by atoms with Crippen LogP contribution in [0.1, 0.15) is 30.9 Å². The smallest absolute Gasteiger partial charge is 0.135 e. The lowest BCUT2D eigenvalue weighted by atomic mass is 9.97. The minimum Gasteiger partial charge on any atom is -0.374 e. The van der Waals surface area contributed by atoms with Crippen LogP contribution in [0.3, 0.4) is 0 Å². The molecule has 4 rings (SSSR count). The van der Waals surface area contributed by atoms with Crippen LogP contribution >= 0.6 is 11.3 Å². The van der Waals surface area contributed by atoms with Crippen molar-refractivity contribution < 1.29 is 13.5 Å². The molecule has 0 aliphatic carbocycles. The molecular weight excluding hydrogens is 338 g/mol. The van der Waals surface area contributed by atoms with E-state index in [1.165, 1.54) is 29.9 Å². The van der Waals surface area contributed by atoms with Gasteiger partial charge in [0.15, 0.2) is 0 Å². The zero-order valence-corrected chi connectivity index (χ0v) is 14.5. The lowest BCUT2D eigenvalue weighted by Gasteiger charge is -2.23. The first-order valence-electron chi connectivity index (χ1n) is 8.47. The van der Waals surface area contributed by atoms with Crippen LogP contribution in [0.5, 0.6) is 0 Å². The molecule has 1 nitrogen and oxygen atoms in total. The lowest BCUT2D eigenvalue weighted by molar-refractivity contribution is 0.0149. The molecule has 3 aromatic rings. The average molecular weight is 356 g/mol. The highest BCUT2D eigenvalue weighted by atomic mass is 32.1. The second-order valence-electron chi connectivity index (χ2n) is 6.27. The van der Waals surface area contributed by atoms with Gasteiger partial charge >= 0.3 is 0 Å². The van der Waals surface area contributed by atoms with Crippen molar-refractivity contribution in [1.82, 2.24) is 0 Å². The van der Waals surface area contributed by atoms with Gasteiger partial charge in [-0.2, -0.15) is 0 Å². The summed E-state index contributed by atoms with van der Waals surface area (Å²) < 4.78 is 34.7. The Bertz CT molecular complexity index is 827. The van der Waals surface area contributed by atoms with Crippen molar-refractivity contribution >= 4 is 11.3 Å². The molecule has 0 radical (unpaired) electrons. The summed E-state index contributed by atoms with van der Waals surface area (Å²) in [5, 5.41) is 1.81. The van der Waals surface area contributed by atoms with Gasteiger partial charge in [0, 0.05) is 11.5 Å². The maximum atomic E-state index is 14.5. The van der Waals surface area contributed by atoms with E-state index < -0.39 is 11.6 Å². The summed E-state index contributed by atoms with van der Waals surface area (Å²) >= 11 is 1.33. The van der Waals surface area contributed by atoms with Crippen LogP contribution < -0.4 is 0 Å². The standard InChI is InChI=1S/C21H18F2OS/c22-17-12-16(13-18(23)21(17)20-5-3-11-25-20)14-6-8-15(9-7-14)19-4-1-2-10-24-19/h3,5-9,11-13,19H,1-2,4,10H2. The Kier molecular flexibility index (Phi) is 4.64. The molecule has 0 amide bonds. The summed E-state index contributed by atoms with van der Waals surface area (Å²) in [7, 11) is 0. The van der Waals surface area contributed by atoms with Crippen LogP contribution in [-0.2, 0) is 4.74 Å². The Morgan fingerprint density at radius 1 is 0.920 bits per heavy atom. The van der Waals surface area contributed by atoms with Gasteiger partial charge in [0.25, 0.3) is 0 Å². The number of thiophene rings is 1. The molecule has 0 N–H and O–H groups in total. The summed E-state index contributed by atoms with van der Waals surface area (Å²) in [5.74, 6) is -1.06. The Morgan fingerprint density at radius 3 is 2.28 bits per heavy atom. The first-order chi connectivity index (χ1) is 12.2. The fourth-order valence-electron chi connectivity index (χ4n) is 3.29. The van der Waals surface area contributed by atoms with Gasteiger partial charge in [-0.1, -0.05) is 30.3 Å². The number of hydrogen-bond acceptors (Lipinski definition) is 2. The summed E-state index contributed by atoms with van der Waals surface area (Å²) in [6.07, 6.45) is 3.45. The topological polar surface area (TPSA) is 9.23 Å². The molecule has 0 spiro atoms. The van der Waals surface area contributed by atoms with E-state index in [-0.39, 0.29) is 11.7 Å². The van der Waals surface area contributed by atoms with Crippen LogP contribution in [-0.4, -0.2) is 6.61 Å². The van der Waals surface area contributed by atoms with Crippen molar-refractivity contribution in [3.05, 3.63) is 71.1 Å². The number of hydrogen-bond donors (Lipinski definition) is 0. The molecule has 1 atom stereocenters. The maximum Gasteiger partial charge on any atom is 0.135 e.